The van der Waals surface area contributed by atoms with Crippen LogP contribution in [-0.2, 0) is 31.2 Å². The highest BCUT2D eigenvalue weighted by Gasteiger charge is 2.34. The minimum absolute atomic E-state index is 0.116. The molecule has 2 aromatic rings. The van der Waals surface area contributed by atoms with E-state index in [1.54, 1.807) is 0 Å². The molecule has 0 spiro atoms. The fourth-order valence-electron chi connectivity index (χ4n) is 2.08. The van der Waals surface area contributed by atoms with E-state index in [2.05, 4.69) is 20.1 Å². The zero-order valence-corrected chi connectivity index (χ0v) is 18.5. The standard InChI is InChI=1S/C14H16ClF3N6O5S2/c1-23(2)31(27,28)24-8-19-13(21-24)30(25,26)20-7-12(22-29-3)9-4-5-11(15)10(6-9)14(16,17)18/h4-6,8,20H,7H2,1-3H3/b22-12+. The first-order valence-corrected chi connectivity index (χ1v) is 11.3. The van der Waals surface area contributed by atoms with Crippen LogP contribution in [-0.4, -0.2) is 68.8 Å². The summed E-state index contributed by atoms with van der Waals surface area (Å²) in [6.07, 6.45) is -4.07. The molecule has 17 heteroatoms. The molecule has 1 heterocycles. The Labute approximate surface area is 180 Å². The molecule has 1 aromatic carbocycles. The summed E-state index contributed by atoms with van der Waals surface area (Å²) >= 11 is 5.58. The molecule has 0 unspecified atom stereocenters. The van der Waals surface area contributed by atoms with Crippen molar-refractivity contribution in [2.45, 2.75) is 11.3 Å². The summed E-state index contributed by atoms with van der Waals surface area (Å²) in [5, 5.41) is 5.54. The maximum atomic E-state index is 13.1. The summed E-state index contributed by atoms with van der Waals surface area (Å²) < 4.78 is 91.2. The molecule has 172 valence electrons. The summed E-state index contributed by atoms with van der Waals surface area (Å²) in [6.45, 7) is -0.621. The average molecular weight is 505 g/mol. The summed E-state index contributed by atoms with van der Waals surface area (Å²) in [5.74, 6) is 0. The Bertz CT molecular complexity index is 1200. The first-order chi connectivity index (χ1) is 14.2. The number of oxime groups is 1. The molecule has 0 saturated heterocycles. The third-order valence-electron chi connectivity index (χ3n) is 3.63. The van der Waals surface area contributed by atoms with Crippen molar-refractivity contribution in [2.24, 2.45) is 5.16 Å². The molecular weight excluding hydrogens is 489 g/mol. The second-order valence-electron chi connectivity index (χ2n) is 5.93. The normalized spacial score (nSPS) is 13.6. The molecule has 11 nitrogen and oxygen atoms in total. The fraction of sp³-hybridized carbons (Fsp3) is 0.357. The molecule has 0 amide bonds. The second kappa shape index (κ2) is 9.07. The van der Waals surface area contributed by atoms with Gasteiger partial charge in [-0.25, -0.2) is 18.1 Å². The molecule has 0 radical (unpaired) electrons. The van der Waals surface area contributed by atoms with Gasteiger partial charge in [-0.05, 0) is 12.1 Å². The van der Waals surface area contributed by atoms with Crippen molar-refractivity contribution in [3.05, 3.63) is 40.7 Å². The monoisotopic (exact) mass is 504 g/mol. The van der Waals surface area contributed by atoms with Crippen LogP contribution in [0.4, 0.5) is 13.2 Å². The summed E-state index contributed by atoms with van der Waals surface area (Å²) in [4.78, 5) is 8.03. The van der Waals surface area contributed by atoms with Crippen molar-refractivity contribution in [1.82, 2.24) is 23.2 Å². The number of nitrogens with zero attached hydrogens (tertiary/aromatic N) is 5. The zero-order valence-electron chi connectivity index (χ0n) is 16.1. The van der Waals surface area contributed by atoms with Crippen molar-refractivity contribution in [3.63, 3.8) is 0 Å². The number of halogens is 4. The van der Waals surface area contributed by atoms with E-state index in [-0.39, 0.29) is 11.3 Å². The van der Waals surface area contributed by atoms with Crippen LogP contribution in [0.1, 0.15) is 11.1 Å². The van der Waals surface area contributed by atoms with Gasteiger partial charge in [-0.2, -0.15) is 25.9 Å². The van der Waals surface area contributed by atoms with Crippen molar-refractivity contribution in [1.29, 1.82) is 0 Å². The van der Waals surface area contributed by atoms with Gasteiger partial charge in [0.15, 0.2) is 0 Å². The van der Waals surface area contributed by atoms with Gasteiger partial charge < -0.3 is 4.84 Å². The maximum Gasteiger partial charge on any atom is 0.417 e. The van der Waals surface area contributed by atoms with E-state index in [0.29, 0.717) is 16.5 Å². The van der Waals surface area contributed by atoms with Crippen LogP contribution in [0.25, 0.3) is 0 Å². The Kier molecular flexibility index (Phi) is 7.32. The number of nitrogens with one attached hydrogen (secondary N) is 1. The van der Waals surface area contributed by atoms with Crippen LogP contribution in [0, 0.1) is 0 Å². The SMILES string of the molecule is CO/N=C(\CNS(=O)(=O)c1ncn(S(=O)(=O)N(C)C)n1)c1ccc(Cl)c(C(F)(F)F)c1. The van der Waals surface area contributed by atoms with Crippen molar-refractivity contribution >= 4 is 37.5 Å². The number of benzene rings is 1. The summed E-state index contributed by atoms with van der Waals surface area (Å²) in [6, 6.07) is 2.86. The Balaban J connectivity index is 2.31. The van der Waals surface area contributed by atoms with E-state index < -0.39 is 48.7 Å². The third kappa shape index (κ3) is 5.70. The molecule has 0 aliphatic heterocycles. The average Bonchev–Trinajstić information content (AvgIpc) is 3.16. The first kappa shape index (κ1) is 25.0. The number of rotatable bonds is 8. The number of alkyl halides is 3. The lowest BCUT2D eigenvalue weighted by atomic mass is 10.1. The lowest BCUT2D eigenvalue weighted by molar-refractivity contribution is -0.137. The molecule has 0 saturated carbocycles. The second-order valence-corrected chi connectivity index (χ2v) is 10.00. The van der Waals surface area contributed by atoms with Gasteiger partial charge in [0.25, 0.3) is 15.2 Å². The lowest BCUT2D eigenvalue weighted by Crippen LogP contribution is -2.32. The van der Waals surface area contributed by atoms with Crippen LogP contribution in [0.15, 0.2) is 34.8 Å². The van der Waals surface area contributed by atoms with Gasteiger partial charge in [0.1, 0.15) is 19.1 Å². The van der Waals surface area contributed by atoms with Crippen LogP contribution in [0.3, 0.4) is 0 Å². The van der Waals surface area contributed by atoms with E-state index in [9.17, 15) is 30.0 Å². The van der Waals surface area contributed by atoms with E-state index >= 15 is 0 Å². The minimum atomic E-state index is -4.75. The number of aromatic nitrogens is 3. The Morgan fingerprint density at radius 2 is 1.94 bits per heavy atom. The van der Waals surface area contributed by atoms with Crippen molar-refractivity contribution in [2.75, 3.05) is 27.7 Å². The van der Waals surface area contributed by atoms with Crippen LogP contribution in [0.5, 0.6) is 0 Å². The van der Waals surface area contributed by atoms with Gasteiger partial charge in [-0.15, -0.1) is 9.19 Å². The van der Waals surface area contributed by atoms with Gasteiger partial charge in [0, 0.05) is 19.7 Å². The van der Waals surface area contributed by atoms with E-state index in [0.717, 1.165) is 17.5 Å². The van der Waals surface area contributed by atoms with E-state index in [1.807, 2.05) is 4.72 Å². The van der Waals surface area contributed by atoms with Gasteiger partial charge in [0.05, 0.1) is 17.1 Å². The quantitative estimate of drug-likeness (QED) is 0.417. The molecule has 0 fully saturated rings. The summed E-state index contributed by atoms with van der Waals surface area (Å²) in [7, 11) is -5.03. The smallest absolute Gasteiger partial charge is 0.399 e. The molecule has 2 rings (SSSR count). The van der Waals surface area contributed by atoms with E-state index in [4.69, 9.17) is 11.6 Å². The zero-order chi connectivity index (χ0) is 23.6. The predicted octanol–water partition coefficient (Wildman–Crippen LogP) is 0.934. The van der Waals surface area contributed by atoms with Gasteiger partial charge in [-0.1, -0.05) is 22.8 Å². The predicted molar refractivity (Wildman–Crippen MR) is 103 cm³/mol. The topological polar surface area (TPSA) is 136 Å². The Hall–Kier alpha value is -2.27. The molecule has 31 heavy (non-hydrogen) atoms. The first-order valence-electron chi connectivity index (χ1n) is 8.01. The molecular formula is C14H16ClF3N6O5S2. The van der Waals surface area contributed by atoms with Crippen molar-refractivity contribution in [3.8, 4) is 0 Å². The molecule has 1 aromatic heterocycles. The minimum Gasteiger partial charge on any atom is -0.399 e. The van der Waals surface area contributed by atoms with Crippen LogP contribution in [0.2, 0.25) is 5.02 Å². The third-order valence-corrected chi connectivity index (χ3v) is 6.72. The van der Waals surface area contributed by atoms with Gasteiger partial charge >= 0.3 is 16.4 Å². The molecule has 0 atom stereocenters. The van der Waals surface area contributed by atoms with Gasteiger partial charge in [0.2, 0.25) is 0 Å². The maximum absolute atomic E-state index is 13.1. The van der Waals surface area contributed by atoms with Gasteiger partial charge in [-0.3, -0.25) is 0 Å². The number of sulfonamides is 1. The van der Waals surface area contributed by atoms with E-state index in [1.165, 1.54) is 20.2 Å². The number of hydrogen-bond acceptors (Lipinski definition) is 8. The highest BCUT2D eigenvalue weighted by molar-refractivity contribution is 7.89. The van der Waals surface area contributed by atoms with Crippen molar-refractivity contribution < 1.29 is 34.8 Å². The van der Waals surface area contributed by atoms with Crippen LogP contribution >= 0.6 is 11.6 Å². The fourth-order valence-corrected chi connectivity index (χ4v) is 3.88. The largest absolute Gasteiger partial charge is 0.417 e. The Morgan fingerprint density at radius 3 is 2.48 bits per heavy atom. The summed E-state index contributed by atoms with van der Waals surface area (Å²) in [5.41, 5.74) is -1.48. The Morgan fingerprint density at radius 1 is 1.29 bits per heavy atom. The molecule has 0 bridgehead atoms. The number of hydrogen-bond donors (Lipinski definition) is 1. The molecule has 1 N–H and O–H groups in total. The lowest BCUT2D eigenvalue weighted by Gasteiger charge is -2.12. The highest BCUT2D eigenvalue weighted by atomic mass is 35.5. The molecule has 0 aliphatic carbocycles. The highest BCUT2D eigenvalue weighted by Crippen LogP contribution is 2.35. The van der Waals surface area contributed by atoms with Crippen LogP contribution < -0.4 is 4.72 Å². The molecule has 0 aliphatic rings.